The van der Waals surface area contributed by atoms with Gasteiger partial charge in [-0.15, -0.1) is 0 Å². The number of nitrogens with two attached hydrogens (primary N) is 1. The maximum Gasteiger partial charge on any atom is 0.312 e. The van der Waals surface area contributed by atoms with Gasteiger partial charge in [-0.25, -0.2) is 4.79 Å². The molecule has 7 nitrogen and oxygen atoms in total. The number of carbonyl (C=O) groups is 3. The van der Waals surface area contributed by atoms with Gasteiger partial charge in [-0.2, -0.15) is 0 Å². The molecule has 2 atom stereocenters. The summed E-state index contributed by atoms with van der Waals surface area (Å²) in [5.41, 5.74) is 5.81. The molecule has 0 aliphatic heterocycles. The van der Waals surface area contributed by atoms with Crippen LogP contribution in [0.5, 0.6) is 0 Å². The van der Waals surface area contributed by atoms with Crippen molar-refractivity contribution >= 4 is 29.5 Å². The molecular formula is C17H24ClN3O4. The van der Waals surface area contributed by atoms with Crippen molar-refractivity contribution in [3.8, 4) is 0 Å². The minimum atomic E-state index is -0.925. The third-order valence-electron chi connectivity index (χ3n) is 3.32. The molecule has 8 heteroatoms. The monoisotopic (exact) mass is 369 g/mol. The van der Waals surface area contributed by atoms with Gasteiger partial charge in [0.15, 0.2) is 6.10 Å². The third-order valence-corrected chi connectivity index (χ3v) is 3.57. The van der Waals surface area contributed by atoms with E-state index in [9.17, 15) is 14.4 Å². The Morgan fingerprint density at radius 2 is 1.76 bits per heavy atom. The summed E-state index contributed by atoms with van der Waals surface area (Å²) < 4.78 is 5.13. The summed E-state index contributed by atoms with van der Waals surface area (Å²) >= 11 is 5.84. The van der Waals surface area contributed by atoms with Gasteiger partial charge in [0.2, 0.25) is 0 Å². The van der Waals surface area contributed by atoms with E-state index in [0.717, 1.165) is 0 Å². The number of halogens is 1. The summed E-state index contributed by atoms with van der Waals surface area (Å²) in [6, 6.07) is 5.19. The van der Waals surface area contributed by atoms with Crippen molar-refractivity contribution < 1.29 is 19.1 Å². The molecule has 0 aliphatic carbocycles. The molecule has 138 valence electrons. The SMILES string of the molecule is CC(C)CNC(=O)[C@H](C)OC(=O)C[C@@H](NC(N)=O)c1ccc(Cl)cc1. The van der Waals surface area contributed by atoms with Crippen molar-refractivity contribution in [1.29, 1.82) is 0 Å². The van der Waals surface area contributed by atoms with Crippen LogP contribution >= 0.6 is 11.6 Å². The zero-order valence-corrected chi connectivity index (χ0v) is 15.3. The summed E-state index contributed by atoms with van der Waals surface area (Å²) in [5.74, 6) is -0.699. The lowest BCUT2D eigenvalue weighted by molar-refractivity contribution is -0.155. The first-order valence-corrected chi connectivity index (χ1v) is 8.35. The number of amides is 3. The van der Waals surface area contributed by atoms with Gasteiger partial charge in [0.1, 0.15) is 0 Å². The highest BCUT2D eigenvalue weighted by atomic mass is 35.5. The first-order valence-electron chi connectivity index (χ1n) is 7.97. The smallest absolute Gasteiger partial charge is 0.312 e. The third kappa shape index (κ3) is 7.89. The molecule has 25 heavy (non-hydrogen) atoms. The van der Waals surface area contributed by atoms with Crippen LogP contribution in [0.2, 0.25) is 5.02 Å². The fraction of sp³-hybridized carbons (Fsp3) is 0.471. The van der Waals surface area contributed by atoms with Gasteiger partial charge >= 0.3 is 12.0 Å². The van der Waals surface area contributed by atoms with Crippen molar-refractivity contribution in [2.24, 2.45) is 11.7 Å². The molecule has 0 saturated heterocycles. The lowest BCUT2D eigenvalue weighted by atomic mass is 10.0. The number of urea groups is 1. The molecule has 0 fully saturated rings. The van der Waals surface area contributed by atoms with E-state index in [-0.39, 0.29) is 12.3 Å². The number of primary amides is 1. The standard InChI is InChI=1S/C17H24ClN3O4/c1-10(2)9-20-16(23)11(3)25-15(22)8-14(21-17(19)24)12-4-6-13(18)7-5-12/h4-7,10-11,14H,8-9H2,1-3H3,(H,20,23)(H3,19,21,24)/t11-,14+/m0/s1. The molecule has 1 rings (SSSR count). The molecule has 1 aromatic rings. The summed E-state index contributed by atoms with van der Waals surface area (Å²) in [6.07, 6.45) is -1.09. The number of hydrogen-bond acceptors (Lipinski definition) is 4. The quantitative estimate of drug-likeness (QED) is 0.609. The molecule has 0 spiro atoms. The highest BCUT2D eigenvalue weighted by Gasteiger charge is 2.22. The van der Waals surface area contributed by atoms with E-state index in [1.807, 2.05) is 13.8 Å². The number of ether oxygens (including phenoxy) is 1. The van der Waals surface area contributed by atoms with Crippen LogP contribution in [0.25, 0.3) is 0 Å². The van der Waals surface area contributed by atoms with E-state index < -0.39 is 24.1 Å². The highest BCUT2D eigenvalue weighted by molar-refractivity contribution is 6.30. The zero-order valence-electron chi connectivity index (χ0n) is 14.5. The highest BCUT2D eigenvalue weighted by Crippen LogP contribution is 2.20. The largest absolute Gasteiger partial charge is 0.452 e. The Labute approximate surface area is 152 Å². The average molecular weight is 370 g/mol. The van der Waals surface area contributed by atoms with E-state index >= 15 is 0 Å². The van der Waals surface area contributed by atoms with Crippen molar-refractivity contribution in [2.75, 3.05) is 6.54 Å². The fourth-order valence-electron chi connectivity index (χ4n) is 2.03. The van der Waals surface area contributed by atoms with Gasteiger partial charge in [0, 0.05) is 11.6 Å². The van der Waals surface area contributed by atoms with Crippen LogP contribution in [0.4, 0.5) is 4.79 Å². The molecule has 0 radical (unpaired) electrons. The molecule has 1 aromatic carbocycles. The minimum absolute atomic E-state index is 0.160. The molecule has 0 aliphatic rings. The molecule has 0 heterocycles. The Bertz CT molecular complexity index is 604. The predicted molar refractivity (Wildman–Crippen MR) is 94.9 cm³/mol. The second kappa shape index (κ2) is 9.88. The molecule has 3 amide bonds. The Hall–Kier alpha value is -2.28. The topological polar surface area (TPSA) is 111 Å². The lowest BCUT2D eigenvalue weighted by Gasteiger charge is -2.19. The minimum Gasteiger partial charge on any atom is -0.452 e. The first-order chi connectivity index (χ1) is 11.7. The van der Waals surface area contributed by atoms with Crippen LogP contribution in [-0.4, -0.2) is 30.6 Å². The number of hydrogen-bond donors (Lipinski definition) is 3. The van der Waals surface area contributed by atoms with Crippen LogP contribution in [0.3, 0.4) is 0 Å². The molecule has 0 unspecified atom stereocenters. The fourth-order valence-corrected chi connectivity index (χ4v) is 2.16. The number of rotatable bonds is 8. The number of benzene rings is 1. The van der Waals surface area contributed by atoms with Gasteiger partial charge in [-0.05, 0) is 30.5 Å². The van der Waals surface area contributed by atoms with E-state index in [1.165, 1.54) is 6.92 Å². The Kier molecular flexibility index (Phi) is 8.21. The van der Waals surface area contributed by atoms with E-state index in [4.69, 9.17) is 22.1 Å². The second-order valence-electron chi connectivity index (χ2n) is 6.09. The van der Waals surface area contributed by atoms with Crippen LogP contribution in [0, 0.1) is 5.92 Å². The molecule has 0 aromatic heterocycles. The van der Waals surface area contributed by atoms with Crippen LogP contribution < -0.4 is 16.4 Å². The lowest BCUT2D eigenvalue weighted by Crippen LogP contribution is -2.39. The van der Waals surface area contributed by atoms with Gasteiger partial charge < -0.3 is 21.1 Å². The summed E-state index contributed by atoms with van der Waals surface area (Å²) in [5, 5.41) is 5.70. The first kappa shape index (κ1) is 20.8. The number of esters is 1. The van der Waals surface area contributed by atoms with Gasteiger partial charge in [-0.3, -0.25) is 9.59 Å². The maximum absolute atomic E-state index is 12.1. The Morgan fingerprint density at radius 1 is 1.16 bits per heavy atom. The maximum atomic E-state index is 12.1. The van der Waals surface area contributed by atoms with Gasteiger partial charge in [-0.1, -0.05) is 37.6 Å². The normalized spacial score (nSPS) is 13.0. The van der Waals surface area contributed by atoms with Crippen LogP contribution in [-0.2, 0) is 14.3 Å². The zero-order chi connectivity index (χ0) is 19.0. The van der Waals surface area contributed by atoms with Crippen LogP contribution in [0.15, 0.2) is 24.3 Å². The number of nitrogens with one attached hydrogen (secondary N) is 2. The summed E-state index contributed by atoms with van der Waals surface area (Å²) in [6.45, 7) is 5.91. The molecule has 4 N–H and O–H groups in total. The average Bonchev–Trinajstić information content (AvgIpc) is 2.52. The van der Waals surface area contributed by atoms with E-state index in [1.54, 1.807) is 24.3 Å². The molecule has 0 bridgehead atoms. The van der Waals surface area contributed by atoms with E-state index in [2.05, 4.69) is 10.6 Å². The molecular weight excluding hydrogens is 346 g/mol. The van der Waals surface area contributed by atoms with Crippen LogP contribution in [0.1, 0.15) is 38.8 Å². The van der Waals surface area contributed by atoms with Crippen molar-refractivity contribution in [3.05, 3.63) is 34.9 Å². The number of carbonyl (C=O) groups excluding carboxylic acids is 3. The molecule has 0 saturated carbocycles. The summed E-state index contributed by atoms with van der Waals surface area (Å²) in [7, 11) is 0. The van der Waals surface area contributed by atoms with Gasteiger partial charge in [0.05, 0.1) is 12.5 Å². The second-order valence-corrected chi connectivity index (χ2v) is 6.52. The predicted octanol–water partition coefficient (Wildman–Crippen LogP) is 2.14. The van der Waals surface area contributed by atoms with Crippen molar-refractivity contribution in [2.45, 2.75) is 39.3 Å². The van der Waals surface area contributed by atoms with Gasteiger partial charge in [0.25, 0.3) is 5.91 Å². The Morgan fingerprint density at radius 3 is 2.28 bits per heavy atom. The van der Waals surface area contributed by atoms with Crippen molar-refractivity contribution in [3.63, 3.8) is 0 Å². The summed E-state index contributed by atoms with van der Waals surface area (Å²) in [4.78, 5) is 35.1. The van der Waals surface area contributed by atoms with Crippen molar-refractivity contribution in [1.82, 2.24) is 10.6 Å². The Balaban J connectivity index is 2.67. The van der Waals surface area contributed by atoms with E-state index in [0.29, 0.717) is 23.0 Å².